The van der Waals surface area contributed by atoms with E-state index < -0.39 is 0 Å². The van der Waals surface area contributed by atoms with Crippen molar-refractivity contribution in [3.05, 3.63) is 24.2 Å². The van der Waals surface area contributed by atoms with Crippen molar-refractivity contribution < 1.29 is 9.21 Å². The zero-order chi connectivity index (χ0) is 12.5. The van der Waals surface area contributed by atoms with Gasteiger partial charge in [-0.15, -0.1) is 0 Å². The Bertz CT molecular complexity index is 381. The van der Waals surface area contributed by atoms with Gasteiger partial charge in [-0.2, -0.15) is 0 Å². The van der Waals surface area contributed by atoms with Gasteiger partial charge in [-0.05, 0) is 52.2 Å². The minimum atomic E-state index is -0.0264. The zero-order valence-corrected chi connectivity index (χ0v) is 10.9. The van der Waals surface area contributed by atoms with E-state index in [9.17, 15) is 4.79 Å². The summed E-state index contributed by atoms with van der Waals surface area (Å²) in [5, 5.41) is 0. The fourth-order valence-electron chi connectivity index (χ4n) is 2.91. The van der Waals surface area contributed by atoms with E-state index >= 15 is 0 Å². The van der Waals surface area contributed by atoms with Crippen LogP contribution >= 0.6 is 0 Å². The fraction of sp³-hybridized carbons (Fsp3) is 0.643. The van der Waals surface area contributed by atoms with Crippen LogP contribution < -0.4 is 0 Å². The summed E-state index contributed by atoms with van der Waals surface area (Å²) < 4.78 is 5.25. The maximum atomic E-state index is 12.4. The Hall–Kier alpha value is -1.25. The molecule has 0 radical (unpaired) electrons. The first-order valence-electron chi connectivity index (χ1n) is 6.35. The van der Waals surface area contributed by atoms with Crippen molar-refractivity contribution in [1.82, 2.24) is 4.90 Å². The van der Waals surface area contributed by atoms with Gasteiger partial charge >= 0.3 is 0 Å². The average Bonchev–Trinajstić information content (AvgIpc) is 2.68. The first-order chi connectivity index (χ1) is 8.00. The van der Waals surface area contributed by atoms with E-state index in [2.05, 4.69) is 20.8 Å². The number of hydrogen-bond donors (Lipinski definition) is 0. The summed E-state index contributed by atoms with van der Waals surface area (Å²) in [5.74, 6) is 0.931. The molecule has 94 valence electrons. The number of likely N-dealkylation sites (tertiary alicyclic amines) is 1. The van der Waals surface area contributed by atoms with E-state index in [-0.39, 0.29) is 11.4 Å². The van der Waals surface area contributed by atoms with Crippen LogP contribution in [-0.4, -0.2) is 22.4 Å². The molecule has 0 N–H and O–H groups in total. The Morgan fingerprint density at radius 1 is 1.59 bits per heavy atom. The quantitative estimate of drug-likeness (QED) is 0.789. The number of piperidine rings is 1. The van der Waals surface area contributed by atoms with Gasteiger partial charge in [0, 0.05) is 11.6 Å². The average molecular weight is 235 g/mol. The van der Waals surface area contributed by atoms with Crippen molar-refractivity contribution in [1.29, 1.82) is 0 Å². The smallest absolute Gasteiger partial charge is 0.230 e. The van der Waals surface area contributed by atoms with Crippen LogP contribution in [0.4, 0.5) is 0 Å². The fourth-order valence-corrected chi connectivity index (χ4v) is 2.91. The molecule has 0 aromatic carbocycles. The van der Waals surface area contributed by atoms with Gasteiger partial charge < -0.3 is 9.32 Å². The van der Waals surface area contributed by atoms with E-state index in [0.29, 0.717) is 12.5 Å². The molecule has 2 heterocycles. The molecule has 1 aromatic heterocycles. The number of rotatable bonds is 2. The van der Waals surface area contributed by atoms with Gasteiger partial charge in [0.05, 0.1) is 12.7 Å². The van der Waals surface area contributed by atoms with E-state index in [1.165, 1.54) is 6.42 Å². The summed E-state index contributed by atoms with van der Waals surface area (Å²) in [6.07, 6.45) is 5.39. The zero-order valence-electron chi connectivity index (χ0n) is 10.9. The van der Waals surface area contributed by atoms with Crippen LogP contribution in [0.15, 0.2) is 22.8 Å². The van der Waals surface area contributed by atoms with Crippen LogP contribution in [0.3, 0.4) is 0 Å². The largest absolute Gasteiger partial charge is 0.469 e. The maximum Gasteiger partial charge on any atom is 0.230 e. The lowest BCUT2D eigenvalue weighted by atomic mass is 9.86. The van der Waals surface area contributed by atoms with E-state index in [0.717, 1.165) is 18.6 Å². The predicted octanol–water partition coefficient (Wildman–Crippen LogP) is 3.00. The molecule has 1 amide bonds. The van der Waals surface area contributed by atoms with E-state index in [4.69, 9.17) is 4.42 Å². The summed E-state index contributed by atoms with van der Waals surface area (Å²) in [6, 6.07) is 4.02. The second-order valence-electron chi connectivity index (χ2n) is 5.57. The SMILES string of the molecule is CC1CCCC(C)(C)N1C(=O)Cc1ccco1. The van der Waals surface area contributed by atoms with Crippen molar-refractivity contribution in [3.8, 4) is 0 Å². The van der Waals surface area contributed by atoms with Crippen molar-refractivity contribution in [2.24, 2.45) is 0 Å². The van der Waals surface area contributed by atoms with Crippen LogP contribution in [0.2, 0.25) is 0 Å². The van der Waals surface area contributed by atoms with Crippen LogP contribution in [0.1, 0.15) is 45.8 Å². The van der Waals surface area contributed by atoms with Crippen molar-refractivity contribution in [2.45, 2.75) is 58.0 Å². The Labute approximate surface area is 103 Å². The van der Waals surface area contributed by atoms with Gasteiger partial charge in [0.25, 0.3) is 0 Å². The normalized spacial score (nSPS) is 23.7. The second kappa shape index (κ2) is 4.55. The van der Waals surface area contributed by atoms with Gasteiger partial charge in [0.15, 0.2) is 0 Å². The number of nitrogens with zero attached hydrogens (tertiary/aromatic N) is 1. The molecule has 1 atom stereocenters. The molecule has 17 heavy (non-hydrogen) atoms. The summed E-state index contributed by atoms with van der Waals surface area (Å²) >= 11 is 0. The van der Waals surface area contributed by atoms with Gasteiger partial charge in [-0.3, -0.25) is 4.79 Å². The molecule has 0 spiro atoms. The molecule has 1 unspecified atom stereocenters. The topological polar surface area (TPSA) is 33.5 Å². The summed E-state index contributed by atoms with van der Waals surface area (Å²) in [5.41, 5.74) is -0.0264. The highest BCUT2D eigenvalue weighted by atomic mass is 16.3. The van der Waals surface area contributed by atoms with Crippen molar-refractivity contribution >= 4 is 5.91 Å². The third kappa shape index (κ3) is 2.54. The Morgan fingerprint density at radius 3 is 2.94 bits per heavy atom. The minimum Gasteiger partial charge on any atom is -0.469 e. The molecule has 0 aliphatic carbocycles. The van der Waals surface area contributed by atoms with E-state index in [1.807, 2.05) is 17.0 Å². The highest BCUT2D eigenvalue weighted by molar-refractivity contribution is 5.79. The third-order valence-electron chi connectivity index (χ3n) is 3.68. The maximum absolute atomic E-state index is 12.4. The molecule has 3 heteroatoms. The number of hydrogen-bond acceptors (Lipinski definition) is 2. The van der Waals surface area contributed by atoms with Gasteiger partial charge in [-0.1, -0.05) is 0 Å². The van der Waals surface area contributed by atoms with Gasteiger partial charge in [0.1, 0.15) is 5.76 Å². The molecule has 2 rings (SSSR count). The van der Waals surface area contributed by atoms with Crippen molar-refractivity contribution in [2.75, 3.05) is 0 Å². The van der Waals surface area contributed by atoms with Crippen molar-refractivity contribution in [3.63, 3.8) is 0 Å². The predicted molar refractivity (Wildman–Crippen MR) is 66.7 cm³/mol. The lowest BCUT2D eigenvalue weighted by Gasteiger charge is -2.46. The van der Waals surface area contributed by atoms with Gasteiger partial charge in [0.2, 0.25) is 5.91 Å². The molecular weight excluding hydrogens is 214 g/mol. The summed E-state index contributed by atoms with van der Waals surface area (Å²) in [7, 11) is 0. The molecule has 0 saturated carbocycles. The third-order valence-corrected chi connectivity index (χ3v) is 3.68. The summed E-state index contributed by atoms with van der Waals surface area (Å²) in [6.45, 7) is 6.45. The van der Waals surface area contributed by atoms with Crippen LogP contribution in [0, 0.1) is 0 Å². The van der Waals surface area contributed by atoms with Crippen LogP contribution in [0.25, 0.3) is 0 Å². The number of furan rings is 1. The lowest BCUT2D eigenvalue weighted by molar-refractivity contribution is -0.141. The highest BCUT2D eigenvalue weighted by Crippen LogP contribution is 2.32. The first-order valence-corrected chi connectivity index (χ1v) is 6.35. The Morgan fingerprint density at radius 2 is 2.35 bits per heavy atom. The van der Waals surface area contributed by atoms with Crippen LogP contribution in [0.5, 0.6) is 0 Å². The molecule has 1 saturated heterocycles. The molecule has 1 aliphatic heterocycles. The minimum absolute atomic E-state index is 0.0264. The van der Waals surface area contributed by atoms with Crippen LogP contribution in [-0.2, 0) is 11.2 Å². The second-order valence-corrected chi connectivity index (χ2v) is 5.57. The lowest BCUT2D eigenvalue weighted by Crippen LogP contribution is -2.55. The number of carbonyl (C=O) groups is 1. The first kappa shape index (κ1) is 12.2. The Balaban J connectivity index is 2.11. The summed E-state index contributed by atoms with van der Waals surface area (Å²) in [4.78, 5) is 14.4. The molecular formula is C14H21NO2. The highest BCUT2D eigenvalue weighted by Gasteiger charge is 2.37. The molecule has 0 bridgehead atoms. The molecule has 1 fully saturated rings. The Kier molecular flexibility index (Phi) is 3.27. The molecule has 1 aromatic rings. The van der Waals surface area contributed by atoms with E-state index in [1.54, 1.807) is 6.26 Å². The standard InChI is InChI=1S/C14H21NO2/c1-11-6-4-8-14(2,3)15(11)13(16)10-12-7-5-9-17-12/h5,7,9,11H,4,6,8,10H2,1-3H3. The monoisotopic (exact) mass is 235 g/mol. The number of carbonyl (C=O) groups excluding carboxylic acids is 1. The number of amides is 1. The molecule has 1 aliphatic rings. The molecule has 3 nitrogen and oxygen atoms in total. The van der Waals surface area contributed by atoms with Gasteiger partial charge in [-0.25, -0.2) is 0 Å².